The molecule has 0 spiro atoms. The molecule has 106 valence electrons. The van der Waals surface area contributed by atoms with E-state index in [0.717, 1.165) is 31.8 Å². The van der Waals surface area contributed by atoms with Gasteiger partial charge in [-0.15, -0.1) is 0 Å². The number of aliphatic hydroxyl groups excluding tert-OH is 1. The topological polar surface area (TPSA) is 44.7 Å². The molecule has 2 atom stereocenters. The summed E-state index contributed by atoms with van der Waals surface area (Å²) in [6, 6.07) is 10.2. The van der Waals surface area contributed by atoms with Crippen LogP contribution in [0.15, 0.2) is 30.3 Å². The van der Waals surface area contributed by atoms with Gasteiger partial charge in [0.05, 0.1) is 24.9 Å². The lowest BCUT2D eigenvalue weighted by Gasteiger charge is -2.40. The molecule has 0 radical (unpaired) electrons. The van der Waals surface area contributed by atoms with Gasteiger partial charge in [-0.2, -0.15) is 0 Å². The van der Waals surface area contributed by atoms with E-state index < -0.39 is 5.54 Å². The largest absolute Gasteiger partial charge is 0.394 e. The maximum atomic E-state index is 9.91. The maximum Gasteiger partial charge on any atom is 0.0795 e. The first-order valence-electron chi connectivity index (χ1n) is 6.89. The highest BCUT2D eigenvalue weighted by Crippen LogP contribution is 2.22. The number of morpholine rings is 1. The second kappa shape index (κ2) is 6.48. The summed E-state index contributed by atoms with van der Waals surface area (Å²) in [5.74, 6) is 0. The van der Waals surface area contributed by atoms with Gasteiger partial charge in [0, 0.05) is 19.6 Å². The van der Waals surface area contributed by atoms with Crippen LogP contribution in [0.25, 0.3) is 0 Å². The molecule has 1 aliphatic rings. The van der Waals surface area contributed by atoms with Crippen LogP contribution in [-0.4, -0.2) is 56.0 Å². The van der Waals surface area contributed by atoms with Crippen LogP contribution in [0.4, 0.5) is 0 Å². The van der Waals surface area contributed by atoms with Gasteiger partial charge in [0.1, 0.15) is 0 Å². The molecule has 0 saturated carbocycles. The Labute approximate surface area is 115 Å². The van der Waals surface area contributed by atoms with Crippen LogP contribution >= 0.6 is 0 Å². The van der Waals surface area contributed by atoms with Crippen LogP contribution in [0.2, 0.25) is 0 Å². The van der Waals surface area contributed by atoms with Gasteiger partial charge in [-0.05, 0) is 19.5 Å². The van der Waals surface area contributed by atoms with Crippen molar-refractivity contribution in [1.82, 2.24) is 10.2 Å². The van der Waals surface area contributed by atoms with Crippen molar-refractivity contribution >= 4 is 0 Å². The standard InChI is InChI=1S/C15H24N2O2/c1-13-10-17(8-9-19-13)11-15(12-18,16-2)14-6-4-3-5-7-14/h3-7,13,16,18H,8-12H2,1-2H3. The SMILES string of the molecule is CNC(CO)(CN1CCOC(C)C1)c1ccccc1. The predicted molar refractivity (Wildman–Crippen MR) is 76.1 cm³/mol. The average molecular weight is 264 g/mol. The van der Waals surface area contributed by atoms with E-state index in [2.05, 4.69) is 29.3 Å². The lowest BCUT2D eigenvalue weighted by atomic mass is 9.90. The van der Waals surface area contributed by atoms with Crippen LogP contribution in [0.5, 0.6) is 0 Å². The van der Waals surface area contributed by atoms with E-state index in [0.29, 0.717) is 0 Å². The molecule has 1 fully saturated rings. The summed E-state index contributed by atoms with van der Waals surface area (Å²) < 4.78 is 5.57. The number of rotatable bonds is 5. The third-order valence-electron chi connectivity index (χ3n) is 3.89. The molecule has 19 heavy (non-hydrogen) atoms. The molecular weight excluding hydrogens is 240 g/mol. The first-order chi connectivity index (χ1) is 9.20. The number of aliphatic hydroxyl groups is 1. The second-order valence-corrected chi connectivity index (χ2v) is 5.27. The smallest absolute Gasteiger partial charge is 0.0795 e. The minimum Gasteiger partial charge on any atom is -0.394 e. The summed E-state index contributed by atoms with van der Waals surface area (Å²) in [6.07, 6.45) is 0.262. The van der Waals surface area contributed by atoms with Gasteiger partial charge in [0.2, 0.25) is 0 Å². The molecule has 1 aromatic rings. The van der Waals surface area contributed by atoms with Crippen molar-refractivity contribution < 1.29 is 9.84 Å². The molecule has 0 bridgehead atoms. The van der Waals surface area contributed by atoms with E-state index in [1.165, 1.54) is 0 Å². The number of nitrogens with one attached hydrogen (secondary N) is 1. The van der Waals surface area contributed by atoms with Crippen molar-refractivity contribution in [1.29, 1.82) is 0 Å². The Morgan fingerprint density at radius 3 is 2.74 bits per heavy atom. The molecule has 0 aliphatic carbocycles. The maximum absolute atomic E-state index is 9.91. The van der Waals surface area contributed by atoms with Crippen LogP contribution in [0.3, 0.4) is 0 Å². The van der Waals surface area contributed by atoms with Crippen molar-refractivity contribution in [3.8, 4) is 0 Å². The predicted octanol–water partition coefficient (Wildman–Crippen LogP) is 0.814. The fourth-order valence-electron chi connectivity index (χ4n) is 2.71. The third-order valence-corrected chi connectivity index (χ3v) is 3.89. The van der Waals surface area contributed by atoms with E-state index in [4.69, 9.17) is 4.74 Å². The van der Waals surface area contributed by atoms with Crippen molar-refractivity contribution in [2.45, 2.75) is 18.6 Å². The molecule has 2 unspecified atom stereocenters. The van der Waals surface area contributed by atoms with Crippen LogP contribution in [0, 0.1) is 0 Å². The Hall–Kier alpha value is -0.940. The number of hydrogen-bond donors (Lipinski definition) is 2. The van der Waals surface area contributed by atoms with E-state index in [1.807, 2.05) is 25.2 Å². The summed E-state index contributed by atoms with van der Waals surface area (Å²) in [5, 5.41) is 13.2. The average Bonchev–Trinajstić information content (AvgIpc) is 2.46. The highest BCUT2D eigenvalue weighted by atomic mass is 16.5. The number of nitrogens with zero attached hydrogens (tertiary/aromatic N) is 1. The lowest BCUT2D eigenvalue weighted by Crippen LogP contribution is -2.55. The zero-order valence-electron chi connectivity index (χ0n) is 11.8. The van der Waals surface area contributed by atoms with E-state index in [1.54, 1.807) is 0 Å². The monoisotopic (exact) mass is 264 g/mol. The summed E-state index contributed by atoms with van der Waals surface area (Å²) >= 11 is 0. The van der Waals surface area contributed by atoms with Crippen molar-refractivity contribution in [2.75, 3.05) is 39.9 Å². The van der Waals surface area contributed by atoms with E-state index in [-0.39, 0.29) is 12.7 Å². The van der Waals surface area contributed by atoms with Crippen LogP contribution < -0.4 is 5.32 Å². The fraction of sp³-hybridized carbons (Fsp3) is 0.600. The quantitative estimate of drug-likeness (QED) is 0.826. The highest BCUT2D eigenvalue weighted by molar-refractivity contribution is 5.25. The Kier molecular flexibility index (Phi) is 4.93. The minimum atomic E-state index is -0.404. The van der Waals surface area contributed by atoms with E-state index >= 15 is 0 Å². The van der Waals surface area contributed by atoms with Gasteiger partial charge in [0.15, 0.2) is 0 Å². The molecule has 0 amide bonds. The Balaban J connectivity index is 2.15. The Morgan fingerprint density at radius 2 is 2.16 bits per heavy atom. The molecule has 1 saturated heterocycles. The molecule has 2 rings (SSSR count). The molecule has 4 nitrogen and oxygen atoms in total. The Bertz CT molecular complexity index is 379. The first kappa shape index (κ1) is 14.5. The number of hydrogen-bond acceptors (Lipinski definition) is 4. The van der Waals surface area contributed by atoms with Gasteiger partial charge >= 0.3 is 0 Å². The fourth-order valence-corrected chi connectivity index (χ4v) is 2.71. The summed E-state index contributed by atoms with van der Waals surface area (Å²) in [6.45, 7) is 5.56. The van der Waals surface area contributed by atoms with Crippen LogP contribution in [0.1, 0.15) is 12.5 Å². The molecule has 0 aromatic heterocycles. The summed E-state index contributed by atoms with van der Waals surface area (Å²) in [7, 11) is 1.91. The van der Waals surface area contributed by atoms with Gasteiger partial charge in [-0.25, -0.2) is 0 Å². The molecular formula is C15H24N2O2. The molecule has 1 aliphatic heterocycles. The Morgan fingerprint density at radius 1 is 1.42 bits per heavy atom. The normalized spacial score (nSPS) is 24.1. The zero-order valence-corrected chi connectivity index (χ0v) is 11.8. The molecule has 1 heterocycles. The van der Waals surface area contributed by atoms with Crippen molar-refractivity contribution in [2.24, 2.45) is 0 Å². The number of ether oxygens (including phenoxy) is 1. The zero-order chi connectivity index (χ0) is 13.7. The number of benzene rings is 1. The number of likely N-dealkylation sites (N-methyl/N-ethyl adjacent to an activating group) is 1. The van der Waals surface area contributed by atoms with Crippen molar-refractivity contribution in [3.05, 3.63) is 35.9 Å². The van der Waals surface area contributed by atoms with Crippen LogP contribution in [-0.2, 0) is 10.3 Å². The molecule has 4 heteroatoms. The summed E-state index contributed by atoms with van der Waals surface area (Å²) in [5.41, 5.74) is 0.720. The lowest BCUT2D eigenvalue weighted by molar-refractivity contribution is -0.0319. The highest BCUT2D eigenvalue weighted by Gasteiger charge is 2.33. The van der Waals surface area contributed by atoms with Gasteiger partial charge in [-0.1, -0.05) is 30.3 Å². The van der Waals surface area contributed by atoms with E-state index in [9.17, 15) is 5.11 Å². The van der Waals surface area contributed by atoms with Gasteiger partial charge < -0.3 is 15.2 Å². The van der Waals surface area contributed by atoms with Crippen molar-refractivity contribution in [3.63, 3.8) is 0 Å². The second-order valence-electron chi connectivity index (χ2n) is 5.27. The van der Waals surface area contributed by atoms with Gasteiger partial charge in [-0.3, -0.25) is 4.90 Å². The molecule has 2 N–H and O–H groups in total. The summed E-state index contributed by atoms with van der Waals surface area (Å²) in [4.78, 5) is 2.36. The van der Waals surface area contributed by atoms with Gasteiger partial charge in [0.25, 0.3) is 0 Å². The first-order valence-corrected chi connectivity index (χ1v) is 6.89. The molecule has 1 aromatic carbocycles. The minimum absolute atomic E-state index is 0.0826. The third kappa shape index (κ3) is 3.34.